The number of carbonyl (C=O) groups is 1. The fourth-order valence-electron chi connectivity index (χ4n) is 2.54. The van der Waals surface area contributed by atoms with Crippen LogP contribution in [0.3, 0.4) is 0 Å². The molecule has 3 N–H and O–H groups in total. The smallest absolute Gasteiger partial charge is 0.340 e. The Bertz CT molecular complexity index is 500. The van der Waals surface area contributed by atoms with Crippen LogP contribution in [0.2, 0.25) is 0 Å². The second-order valence-corrected chi connectivity index (χ2v) is 5.74. The molecule has 1 aliphatic heterocycles. The molecule has 1 aromatic carbocycles. The van der Waals surface area contributed by atoms with Crippen molar-refractivity contribution in [1.82, 2.24) is 0 Å². The summed E-state index contributed by atoms with van der Waals surface area (Å²) in [5, 5.41) is 3.41. The first-order valence-electron chi connectivity index (χ1n) is 6.79. The Hall–Kier alpha value is -1.75. The van der Waals surface area contributed by atoms with E-state index in [9.17, 15) is 4.79 Å². The maximum atomic E-state index is 11.8. The van der Waals surface area contributed by atoms with Crippen LogP contribution in [0.15, 0.2) is 18.2 Å². The topological polar surface area (TPSA) is 73.6 Å². The molecule has 5 heteroatoms. The molecule has 5 nitrogen and oxygen atoms in total. The molecule has 0 saturated carbocycles. The minimum Gasteiger partial charge on any atom is -0.465 e. The van der Waals surface area contributed by atoms with Gasteiger partial charge in [-0.1, -0.05) is 0 Å². The number of esters is 1. The molecule has 1 saturated heterocycles. The molecule has 0 radical (unpaired) electrons. The van der Waals surface area contributed by atoms with Crippen LogP contribution >= 0.6 is 0 Å². The third kappa shape index (κ3) is 3.42. The van der Waals surface area contributed by atoms with E-state index in [0.29, 0.717) is 17.9 Å². The van der Waals surface area contributed by atoms with Crippen molar-refractivity contribution in [1.29, 1.82) is 0 Å². The van der Waals surface area contributed by atoms with Crippen LogP contribution in [-0.4, -0.2) is 31.3 Å². The lowest BCUT2D eigenvalue weighted by Gasteiger charge is -2.36. The fraction of sp³-hybridized carbons (Fsp3) is 0.533. The van der Waals surface area contributed by atoms with E-state index in [1.165, 1.54) is 7.11 Å². The van der Waals surface area contributed by atoms with Crippen LogP contribution in [0.25, 0.3) is 0 Å². The molecule has 0 amide bonds. The average molecular weight is 278 g/mol. The normalized spacial score (nSPS) is 21.2. The molecule has 0 aromatic heterocycles. The van der Waals surface area contributed by atoms with E-state index in [1.807, 2.05) is 6.07 Å². The zero-order valence-electron chi connectivity index (χ0n) is 12.2. The number of benzene rings is 1. The lowest BCUT2D eigenvalue weighted by atomic mass is 9.93. The van der Waals surface area contributed by atoms with Gasteiger partial charge in [0, 0.05) is 24.0 Å². The molecule has 0 bridgehead atoms. The molecule has 1 atom stereocenters. The predicted molar refractivity (Wildman–Crippen MR) is 78.9 cm³/mol. The molecule has 1 aromatic rings. The van der Waals surface area contributed by atoms with Crippen molar-refractivity contribution >= 4 is 17.3 Å². The average Bonchev–Trinajstić information content (AvgIpc) is 2.39. The largest absolute Gasteiger partial charge is 0.465 e. The van der Waals surface area contributed by atoms with Gasteiger partial charge in [0.15, 0.2) is 0 Å². The number of nitrogen functional groups attached to an aromatic ring is 1. The molecular formula is C15H22N2O3. The number of methoxy groups -OCH3 is 1. The summed E-state index contributed by atoms with van der Waals surface area (Å²) in [7, 11) is 1.37. The summed E-state index contributed by atoms with van der Waals surface area (Å²) in [4.78, 5) is 11.8. The number of rotatable bonds is 3. The first-order chi connectivity index (χ1) is 9.41. The summed E-state index contributed by atoms with van der Waals surface area (Å²) in [6.45, 7) is 4.86. The summed E-state index contributed by atoms with van der Waals surface area (Å²) in [6, 6.07) is 5.51. The molecule has 0 aliphatic carbocycles. The maximum Gasteiger partial charge on any atom is 0.340 e. The van der Waals surface area contributed by atoms with Gasteiger partial charge in [-0.05, 0) is 44.9 Å². The first kappa shape index (κ1) is 14.7. The number of carbonyl (C=O) groups excluding carboxylic acids is 1. The van der Waals surface area contributed by atoms with Crippen molar-refractivity contribution in [2.24, 2.45) is 0 Å². The Morgan fingerprint density at radius 2 is 2.25 bits per heavy atom. The van der Waals surface area contributed by atoms with Gasteiger partial charge in [0.25, 0.3) is 0 Å². The van der Waals surface area contributed by atoms with Crippen molar-refractivity contribution in [3.8, 4) is 0 Å². The second kappa shape index (κ2) is 5.71. The third-order valence-corrected chi connectivity index (χ3v) is 3.51. The van der Waals surface area contributed by atoms with Gasteiger partial charge in [-0.15, -0.1) is 0 Å². The van der Waals surface area contributed by atoms with E-state index < -0.39 is 0 Å². The Balaban J connectivity index is 2.18. The molecule has 1 unspecified atom stereocenters. The van der Waals surface area contributed by atoms with E-state index >= 15 is 0 Å². The maximum absolute atomic E-state index is 11.8. The van der Waals surface area contributed by atoms with Gasteiger partial charge in [-0.25, -0.2) is 4.79 Å². The van der Waals surface area contributed by atoms with Crippen LogP contribution in [-0.2, 0) is 9.47 Å². The number of ether oxygens (including phenoxy) is 2. The van der Waals surface area contributed by atoms with Crippen molar-refractivity contribution in [2.75, 3.05) is 24.8 Å². The van der Waals surface area contributed by atoms with Crippen LogP contribution in [0, 0.1) is 0 Å². The van der Waals surface area contributed by atoms with Gasteiger partial charge in [0.2, 0.25) is 0 Å². The highest BCUT2D eigenvalue weighted by Gasteiger charge is 2.29. The standard InChI is InChI=1S/C15H22N2O3/c1-15(2)9-11(6-7-20-15)17-13-5-4-10(16)8-12(13)14(18)19-3/h4-5,8,11,17H,6-7,9,16H2,1-3H3. The Morgan fingerprint density at radius 3 is 2.90 bits per heavy atom. The highest BCUT2D eigenvalue weighted by Crippen LogP contribution is 2.28. The van der Waals surface area contributed by atoms with E-state index in [4.69, 9.17) is 15.2 Å². The van der Waals surface area contributed by atoms with Crippen molar-refractivity contribution in [3.05, 3.63) is 23.8 Å². The second-order valence-electron chi connectivity index (χ2n) is 5.74. The summed E-state index contributed by atoms with van der Waals surface area (Å²) in [5.41, 5.74) is 7.37. The van der Waals surface area contributed by atoms with Crippen LogP contribution < -0.4 is 11.1 Å². The van der Waals surface area contributed by atoms with Crippen molar-refractivity contribution in [2.45, 2.75) is 38.3 Å². The van der Waals surface area contributed by atoms with Gasteiger partial charge in [0.1, 0.15) is 0 Å². The molecule has 1 fully saturated rings. The van der Waals surface area contributed by atoms with Gasteiger partial charge in [-0.3, -0.25) is 0 Å². The summed E-state index contributed by atoms with van der Waals surface area (Å²) < 4.78 is 10.5. The molecule has 20 heavy (non-hydrogen) atoms. The van der Waals surface area contributed by atoms with Gasteiger partial charge >= 0.3 is 5.97 Å². The quantitative estimate of drug-likeness (QED) is 0.656. The van der Waals surface area contributed by atoms with Crippen LogP contribution in [0.5, 0.6) is 0 Å². The minimum atomic E-state index is -0.383. The Labute approximate surface area is 119 Å². The van der Waals surface area contributed by atoms with Crippen molar-refractivity contribution in [3.63, 3.8) is 0 Å². The van der Waals surface area contributed by atoms with Gasteiger partial charge in [-0.2, -0.15) is 0 Å². The van der Waals surface area contributed by atoms with E-state index in [1.54, 1.807) is 12.1 Å². The molecule has 1 aliphatic rings. The van der Waals surface area contributed by atoms with Crippen LogP contribution in [0.1, 0.15) is 37.0 Å². The molecule has 2 rings (SSSR count). The highest BCUT2D eigenvalue weighted by molar-refractivity contribution is 5.96. The number of nitrogens with two attached hydrogens (primary N) is 1. The van der Waals surface area contributed by atoms with E-state index in [2.05, 4.69) is 19.2 Å². The van der Waals surface area contributed by atoms with E-state index in [0.717, 1.165) is 18.5 Å². The molecular weight excluding hydrogens is 256 g/mol. The lowest BCUT2D eigenvalue weighted by Crippen LogP contribution is -2.40. The monoisotopic (exact) mass is 278 g/mol. The minimum absolute atomic E-state index is 0.144. The number of nitrogens with one attached hydrogen (secondary N) is 1. The molecule has 0 spiro atoms. The van der Waals surface area contributed by atoms with E-state index in [-0.39, 0.29) is 17.6 Å². The number of hydrogen-bond acceptors (Lipinski definition) is 5. The number of hydrogen-bond donors (Lipinski definition) is 2. The molecule has 1 heterocycles. The van der Waals surface area contributed by atoms with Crippen molar-refractivity contribution < 1.29 is 14.3 Å². The predicted octanol–water partition coefficient (Wildman–Crippen LogP) is 2.42. The van der Waals surface area contributed by atoms with Gasteiger partial charge < -0.3 is 20.5 Å². The lowest BCUT2D eigenvalue weighted by molar-refractivity contribution is -0.0553. The number of anilines is 2. The first-order valence-corrected chi connectivity index (χ1v) is 6.79. The summed E-state index contributed by atoms with van der Waals surface area (Å²) >= 11 is 0. The SMILES string of the molecule is COC(=O)c1cc(N)ccc1NC1CCOC(C)(C)C1. The third-order valence-electron chi connectivity index (χ3n) is 3.51. The Kier molecular flexibility index (Phi) is 4.18. The summed E-state index contributed by atoms with van der Waals surface area (Å²) in [5.74, 6) is -0.383. The highest BCUT2D eigenvalue weighted by atomic mass is 16.5. The summed E-state index contributed by atoms with van der Waals surface area (Å²) in [6.07, 6.45) is 1.80. The van der Waals surface area contributed by atoms with Gasteiger partial charge in [0.05, 0.1) is 18.3 Å². The molecule has 110 valence electrons. The Morgan fingerprint density at radius 1 is 1.50 bits per heavy atom. The van der Waals surface area contributed by atoms with Crippen LogP contribution in [0.4, 0.5) is 11.4 Å². The zero-order valence-corrected chi connectivity index (χ0v) is 12.2. The fourth-order valence-corrected chi connectivity index (χ4v) is 2.54. The zero-order chi connectivity index (χ0) is 14.8.